The number of hydrogen-bond donors (Lipinski definition) is 1. The van der Waals surface area contributed by atoms with Crippen LogP contribution in [0.2, 0.25) is 0 Å². The third-order valence-electron chi connectivity index (χ3n) is 4.41. The molecule has 2 aromatic carbocycles. The van der Waals surface area contributed by atoms with Crippen molar-refractivity contribution < 1.29 is 18.9 Å². The zero-order valence-corrected chi connectivity index (χ0v) is 18.8. The number of halogens is 2. The highest BCUT2D eigenvalue weighted by Crippen LogP contribution is 2.48. The first-order valence-electron chi connectivity index (χ1n) is 8.27. The molecule has 0 amide bonds. The number of nitrogens with zero attached hydrogens (tertiary/aromatic N) is 1. The first-order valence-corrected chi connectivity index (χ1v) is 10.4. The van der Waals surface area contributed by atoms with E-state index >= 15 is 0 Å². The molecule has 2 aliphatic heterocycles. The summed E-state index contributed by atoms with van der Waals surface area (Å²) in [7, 11) is 0. The molecule has 0 saturated carbocycles. The number of benzene rings is 2. The van der Waals surface area contributed by atoms with Crippen LogP contribution in [0.3, 0.4) is 0 Å². The van der Waals surface area contributed by atoms with Gasteiger partial charge in [-0.15, -0.1) is 0 Å². The summed E-state index contributed by atoms with van der Waals surface area (Å²) in [4.78, 5) is 0. The molecule has 2 aromatic rings. The monoisotopic (exact) mass is 600 g/mol. The van der Waals surface area contributed by atoms with Crippen molar-refractivity contribution in [3.8, 4) is 29.1 Å². The lowest BCUT2D eigenvalue weighted by atomic mass is 9.83. The zero-order valence-electron chi connectivity index (χ0n) is 14.5. The fraction of sp³-hybridized carbons (Fsp3) is 0.150. The lowest BCUT2D eigenvalue weighted by Crippen LogP contribution is -2.21. The van der Waals surface area contributed by atoms with E-state index in [9.17, 15) is 5.26 Å². The molecule has 1 atom stereocenters. The van der Waals surface area contributed by atoms with Crippen molar-refractivity contribution in [2.24, 2.45) is 5.73 Å². The summed E-state index contributed by atoms with van der Waals surface area (Å²) in [6.45, 7) is 4.26. The highest BCUT2D eigenvalue weighted by Gasteiger charge is 2.34. The van der Waals surface area contributed by atoms with Crippen molar-refractivity contribution in [2.45, 2.75) is 5.92 Å². The number of rotatable bonds is 4. The van der Waals surface area contributed by atoms with E-state index in [4.69, 9.17) is 24.7 Å². The number of nitriles is 1. The summed E-state index contributed by atoms with van der Waals surface area (Å²) >= 11 is 4.46. The van der Waals surface area contributed by atoms with E-state index in [2.05, 4.69) is 57.8 Å². The van der Waals surface area contributed by atoms with Gasteiger partial charge in [0.25, 0.3) is 0 Å². The highest BCUT2D eigenvalue weighted by molar-refractivity contribution is 14.1. The third-order valence-corrected chi connectivity index (χ3v) is 6.01. The Bertz CT molecular complexity index is 1040. The molecular weight excluding hydrogens is 586 g/mol. The van der Waals surface area contributed by atoms with Crippen LogP contribution < -0.4 is 24.7 Å². The number of fused-ring (bicyclic) bond motifs is 2. The van der Waals surface area contributed by atoms with Gasteiger partial charge in [0.15, 0.2) is 11.5 Å². The number of allylic oxidation sites excluding steroid dienone is 1. The van der Waals surface area contributed by atoms with Crippen molar-refractivity contribution in [1.82, 2.24) is 0 Å². The van der Waals surface area contributed by atoms with E-state index in [-0.39, 0.29) is 18.6 Å². The number of ether oxygens (including phenoxy) is 4. The van der Waals surface area contributed by atoms with Crippen LogP contribution >= 0.6 is 45.2 Å². The second-order valence-corrected chi connectivity index (χ2v) is 8.41. The summed E-state index contributed by atoms with van der Waals surface area (Å²) in [5, 5.41) is 9.76. The molecule has 0 spiro atoms. The quantitative estimate of drug-likeness (QED) is 0.414. The maximum absolute atomic E-state index is 9.76. The molecule has 0 unspecified atom stereocenters. The second-order valence-electron chi connectivity index (χ2n) is 6.08. The molecule has 142 valence electrons. The topological polar surface area (TPSA) is 86.7 Å². The molecule has 28 heavy (non-hydrogen) atoms. The average Bonchev–Trinajstić information content (AvgIpc) is 3.11. The van der Waals surface area contributed by atoms with Crippen molar-refractivity contribution in [3.05, 3.63) is 66.6 Å². The predicted molar refractivity (Wildman–Crippen MR) is 119 cm³/mol. The molecule has 0 aliphatic carbocycles. The fourth-order valence-electron chi connectivity index (χ4n) is 3.22. The molecule has 0 bridgehead atoms. The van der Waals surface area contributed by atoms with Crippen molar-refractivity contribution in [3.63, 3.8) is 0 Å². The Hall–Kier alpha value is -2.13. The molecule has 0 saturated heterocycles. The van der Waals surface area contributed by atoms with Gasteiger partial charge < -0.3 is 24.7 Å². The molecule has 0 fully saturated rings. The SMILES string of the molecule is C=CCOc1c(I)cc([C@H]2C(C#N)=C(N)Oc3cc4c(cc32)OCO4)cc1I. The number of nitrogens with two attached hydrogens (primary N) is 1. The van der Waals surface area contributed by atoms with Gasteiger partial charge in [-0.1, -0.05) is 12.7 Å². The minimum atomic E-state index is -0.376. The number of hydrogen-bond acceptors (Lipinski definition) is 6. The van der Waals surface area contributed by atoms with Crippen LogP contribution in [0.25, 0.3) is 0 Å². The average molecular weight is 600 g/mol. The van der Waals surface area contributed by atoms with E-state index in [1.807, 2.05) is 18.2 Å². The summed E-state index contributed by atoms with van der Waals surface area (Å²) < 4.78 is 24.3. The van der Waals surface area contributed by atoms with E-state index in [0.717, 1.165) is 24.0 Å². The van der Waals surface area contributed by atoms with Gasteiger partial charge in [0.05, 0.1) is 13.1 Å². The van der Waals surface area contributed by atoms with Crippen LogP contribution in [0.15, 0.2) is 48.4 Å². The Morgan fingerprint density at radius 2 is 1.86 bits per heavy atom. The van der Waals surface area contributed by atoms with Gasteiger partial charge in [-0.3, -0.25) is 0 Å². The van der Waals surface area contributed by atoms with Crippen molar-refractivity contribution >= 4 is 45.2 Å². The summed E-state index contributed by atoms with van der Waals surface area (Å²) in [5.74, 6) is 2.29. The lowest BCUT2D eigenvalue weighted by Gasteiger charge is -2.27. The molecular formula is C20H14I2N2O4. The van der Waals surface area contributed by atoms with Gasteiger partial charge in [0, 0.05) is 11.6 Å². The normalized spacial score (nSPS) is 16.8. The maximum atomic E-state index is 9.76. The van der Waals surface area contributed by atoms with E-state index in [0.29, 0.717) is 29.4 Å². The summed E-state index contributed by atoms with van der Waals surface area (Å²) in [6.07, 6.45) is 1.70. The van der Waals surface area contributed by atoms with Gasteiger partial charge in [0.2, 0.25) is 12.7 Å². The Balaban J connectivity index is 1.87. The van der Waals surface area contributed by atoms with Crippen LogP contribution in [-0.2, 0) is 0 Å². The van der Waals surface area contributed by atoms with Gasteiger partial charge in [-0.25, -0.2) is 0 Å². The minimum Gasteiger partial charge on any atom is -0.487 e. The molecule has 0 aromatic heterocycles. The predicted octanol–water partition coefficient (Wildman–Crippen LogP) is 4.41. The van der Waals surface area contributed by atoms with E-state index < -0.39 is 0 Å². The Kier molecular flexibility index (Phi) is 5.29. The molecule has 6 nitrogen and oxygen atoms in total. The Morgan fingerprint density at radius 1 is 1.18 bits per heavy atom. The zero-order chi connectivity index (χ0) is 19.8. The van der Waals surface area contributed by atoms with E-state index in [1.165, 1.54) is 0 Å². The van der Waals surface area contributed by atoms with Gasteiger partial charge in [-0.2, -0.15) is 5.26 Å². The molecule has 2 heterocycles. The van der Waals surface area contributed by atoms with Gasteiger partial charge in [0.1, 0.15) is 29.7 Å². The third kappa shape index (κ3) is 3.26. The maximum Gasteiger partial charge on any atom is 0.231 e. The Morgan fingerprint density at radius 3 is 2.50 bits per heavy atom. The molecule has 2 aliphatic rings. The highest BCUT2D eigenvalue weighted by atomic mass is 127. The van der Waals surface area contributed by atoms with Crippen LogP contribution in [0.5, 0.6) is 23.0 Å². The lowest BCUT2D eigenvalue weighted by molar-refractivity contribution is 0.174. The largest absolute Gasteiger partial charge is 0.487 e. The smallest absolute Gasteiger partial charge is 0.231 e. The second kappa shape index (κ2) is 7.71. The van der Waals surface area contributed by atoms with Crippen LogP contribution in [-0.4, -0.2) is 13.4 Å². The van der Waals surface area contributed by atoms with Crippen LogP contribution in [0.4, 0.5) is 0 Å². The molecule has 4 rings (SSSR count). The summed E-state index contributed by atoms with van der Waals surface area (Å²) in [5.41, 5.74) is 8.16. The minimum absolute atomic E-state index is 0.0934. The fourth-order valence-corrected chi connectivity index (χ4v) is 5.34. The standard InChI is InChI=1S/C20H14I2N2O4/c1-2-3-25-19-13(21)4-10(5-14(19)22)18-11-6-16-17(27-9-26-16)7-15(11)28-20(24)12(18)8-23/h2,4-7,18H,1,3,9,24H2/t18-/m1/s1. The van der Waals surface area contributed by atoms with Gasteiger partial charge in [-0.05, 0) is 68.9 Å². The first kappa shape index (κ1) is 19.2. The van der Waals surface area contributed by atoms with Crippen LogP contribution in [0.1, 0.15) is 17.0 Å². The summed E-state index contributed by atoms with van der Waals surface area (Å²) in [6, 6.07) is 9.81. The first-order chi connectivity index (χ1) is 13.5. The van der Waals surface area contributed by atoms with Crippen LogP contribution in [0, 0.1) is 18.5 Å². The van der Waals surface area contributed by atoms with Crippen molar-refractivity contribution in [2.75, 3.05) is 13.4 Å². The van der Waals surface area contributed by atoms with Crippen molar-refractivity contribution in [1.29, 1.82) is 5.26 Å². The molecule has 2 N–H and O–H groups in total. The molecule has 0 radical (unpaired) electrons. The molecule has 8 heteroatoms. The van der Waals surface area contributed by atoms with Gasteiger partial charge >= 0.3 is 0 Å². The van der Waals surface area contributed by atoms with E-state index in [1.54, 1.807) is 12.1 Å². The Labute approximate surface area is 189 Å².